The first-order valence-electron chi connectivity index (χ1n) is 13.8. The van der Waals surface area contributed by atoms with Crippen molar-refractivity contribution in [1.29, 1.82) is 0 Å². The molecule has 4 N–H and O–H groups in total. The summed E-state index contributed by atoms with van der Waals surface area (Å²) in [5.41, 5.74) is 8.73. The van der Waals surface area contributed by atoms with Crippen LogP contribution in [0.25, 0.3) is 10.9 Å². The molecule has 2 heterocycles. The highest BCUT2D eigenvalue weighted by atomic mass is 32.2. The van der Waals surface area contributed by atoms with Crippen molar-refractivity contribution >= 4 is 49.6 Å². The van der Waals surface area contributed by atoms with E-state index >= 15 is 0 Å². The molecule has 4 aromatic carbocycles. The maximum atomic E-state index is 13.8. The molecule has 10 nitrogen and oxygen atoms in total. The van der Waals surface area contributed by atoms with Crippen molar-refractivity contribution in [2.45, 2.75) is 9.79 Å². The average Bonchev–Trinajstić information content (AvgIpc) is 3.43. The number of aromatic nitrogens is 2. The van der Waals surface area contributed by atoms with Crippen LogP contribution in [-0.2, 0) is 9.84 Å². The lowest BCUT2D eigenvalue weighted by Gasteiger charge is -2.35. The molecule has 0 radical (unpaired) electrons. The van der Waals surface area contributed by atoms with Gasteiger partial charge in [-0.15, -0.1) is 0 Å². The van der Waals surface area contributed by atoms with Crippen LogP contribution in [0.4, 0.5) is 17.2 Å². The fourth-order valence-electron chi connectivity index (χ4n) is 5.27. The van der Waals surface area contributed by atoms with Crippen molar-refractivity contribution in [3.63, 3.8) is 0 Å². The largest absolute Gasteiger partial charge is 0.396 e. The Morgan fingerprint density at radius 2 is 1.53 bits per heavy atom. The zero-order valence-corrected chi connectivity index (χ0v) is 24.3. The van der Waals surface area contributed by atoms with Gasteiger partial charge < -0.3 is 20.9 Å². The zero-order chi connectivity index (χ0) is 30.1. The van der Waals surface area contributed by atoms with Gasteiger partial charge in [0.15, 0.2) is 11.6 Å². The molecule has 11 heteroatoms. The minimum atomic E-state index is -3.80. The molecular weight excluding hydrogens is 564 g/mol. The predicted octanol–water partition coefficient (Wildman–Crippen LogP) is 4.21. The van der Waals surface area contributed by atoms with Crippen LogP contribution in [0.3, 0.4) is 0 Å². The predicted molar refractivity (Wildman–Crippen MR) is 166 cm³/mol. The molecule has 0 atom stereocenters. The van der Waals surface area contributed by atoms with E-state index in [4.69, 9.17) is 5.73 Å². The minimum absolute atomic E-state index is 0.0591. The number of H-pyrrole nitrogens is 1. The molecule has 218 valence electrons. The summed E-state index contributed by atoms with van der Waals surface area (Å²) in [6, 6.07) is 24.7. The van der Waals surface area contributed by atoms with E-state index < -0.39 is 15.7 Å². The third kappa shape index (κ3) is 5.36. The summed E-state index contributed by atoms with van der Waals surface area (Å²) >= 11 is 0. The van der Waals surface area contributed by atoms with E-state index in [1.54, 1.807) is 60.7 Å². The Bertz CT molecular complexity index is 1930. The highest BCUT2D eigenvalue weighted by Crippen LogP contribution is 2.33. The number of sulfone groups is 1. The van der Waals surface area contributed by atoms with Gasteiger partial charge in [-0.05, 0) is 49.5 Å². The number of hydrogen-bond donors (Lipinski definition) is 3. The molecule has 1 aromatic heterocycles. The number of nitrogens with zero attached hydrogens (tertiary/aromatic N) is 3. The second-order valence-electron chi connectivity index (χ2n) is 10.5. The number of carbonyl (C=O) groups is 2. The summed E-state index contributed by atoms with van der Waals surface area (Å²) in [6.45, 7) is 3.16. The molecule has 1 aliphatic heterocycles. The van der Waals surface area contributed by atoms with Crippen LogP contribution >= 0.6 is 0 Å². The number of rotatable bonds is 7. The molecule has 43 heavy (non-hydrogen) atoms. The first-order chi connectivity index (χ1) is 20.7. The monoisotopic (exact) mass is 594 g/mol. The van der Waals surface area contributed by atoms with Gasteiger partial charge in [-0.1, -0.05) is 48.5 Å². The fourth-order valence-corrected chi connectivity index (χ4v) is 6.57. The Morgan fingerprint density at radius 1 is 0.860 bits per heavy atom. The minimum Gasteiger partial charge on any atom is -0.396 e. The van der Waals surface area contributed by atoms with Gasteiger partial charge >= 0.3 is 0 Å². The van der Waals surface area contributed by atoms with E-state index in [9.17, 15) is 18.0 Å². The van der Waals surface area contributed by atoms with E-state index in [1.807, 2.05) is 6.07 Å². The molecule has 6 rings (SSSR count). The number of aromatic amines is 1. The summed E-state index contributed by atoms with van der Waals surface area (Å²) in [7, 11) is -1.75. The summed E-state index contributed by atoms with van der Waals surface area (Å²) in [5, 5.41) is 10.2. The highest BCUT2D eigenvalue weighted by molar-refractivity contribution is 7.91. The molecule has 1 saturated heterocycles. The Kier molecular flexibility index (Phi) is 7.43. The van der Waals surface area contributed by atoms with Crippen LogP contribution in [0.5, 0.6) is 0 Å². The van der Waals surface area contributed by atoms with Gasteiger partial charge in [0.05, 0.1) is 37.8 Å². The number of hydrogen-bond acceptors (Lipinski definition) is 8. The van der Waals surface area contributed by atoms with E-state index in [0.717, 1.165) is 26.2 Å². The Hall–Kier alpha value is -5.00. The number of piperazine rings is 1. The van der Waals surface area contributed by atoms with Crippen molar-refractivity contribution in [2.24, 2.45) is 0 Å². The number of carbonyl (C=O) groups excluding carboxylic acids is 2. The molecule has 0 bridgehead atoms. The molecule has 5 aromatic rings. The van der Waals surface area contributed by atoms with E-state index in [1.165, 1.54) is 24.3 Å². The molecule has 0 spiro atoms. The van der Waals surface area contributed by atoms with Crippen molar-refractivity contribution in [3.8, 4) is 0 Å². The summed E-state index contributed by atoms with van der Waals surface area (Å²) in [5.74, 6) is -0.840. The first kappa shape index (κ1) is 28.1. The van der Waals surface area contributed by atoms with Crippen LogP contribution < -0.4 is 16.0 Å². The Morgan fingerprint density at radius 3 is 2.23 bits per heavy atom. The average molecular weight is 595 g/mol. The maximum Gasteiger partial charge on any atom is 0.257 e. The molecule has 1 aliphatic rings. The van der Waals surface area contributed by atoms with Crippen LogP contribution in [0.15, 0.2) is 101 Å². The van der Waals surface area contributed by atoms with Gasteiger partial charge in [-0.25, -0.2) is 8.42 Å². The van der Waals surface area contributed by atoms with Crippen LogP contribution in [0.2, 0.25) is 0 Å². The number of fused-ring (bicyclic) bond motifs is 1. The molecule has 0 unspecified atom stereocenters. The van der Waals surface area contributed by atoms with E-state index in [2.05, 4.69) is 32.4 Å². The van der Waals surface area contributed by atoms with Crippen molar-refractivity contribution < 1.29 is 18.0 Å². The molecule has 1 amide bonds. The summed E-state index contributed by atoms with van der Waals surface area (Å²) in [6.07, 6.45) is 0. The lowest BCUT2D eigenvalue weighted by molar-refractivity contribution is 0.0996. The number of amides is 1. The number of nitrogens with two attached hydrogens (primary N) is 1. The van der Waals surface area contributed by atoms with Gasteiger partial charge in [0.1, 0.15) is 0 Å². The summed E-state index contributed by atoms with van der Waals surface area (Å²) < 4.78 is 26.5. The van der Waals surface area contributed by atoms with Gasteiger partial charge in [0.25, 0.3) is 5.91 Å². The third-order valence-corrected chi connectivity index (χ3v) is 9.47. The first-order valence-corrected chi connectivity index (χ1v) is 15.3. The van der Waals surface area contributed by atoms with E-state index in [0.29, 0.717) is 22.2 Å². The van der Waals surface area contributed by atoms with Crippen LogP contribution in [0.1, 0.15) is 26.3 Å². The second-order valence-corrected chi connectivity index (χ2v) is 12.4. The van der Waals surface area contributed by atoms with Crippen LogP contribution in [0, 0.1) is 0 Å². The smallest absolute Gasteiger partial charge is 0.257 e. The van der Waals surface area contributed by atoms with Crippen molar-refractivity contribution in [2.75, 3.05) is 49.2 Å². The number of anilines is 3. The number of nitrogens with one attached hydrogen (secondary N) is 2. The topological polar surface area (TPSA) is 141 Å². The van der Waals surface area contributed by atoms with Gasteiger partial charge in [0, 0.05) is 37.1 Å². The Labute approximate surface area is 249 Å². The van der Waals surface area contributed by atoms with Crippen molar-refractivity contribution in [3.05, 3.63) is 108 Å². The number of likely N-dealkylation sites (N-methyl/N-ethyl adjacent to an activating group) is 1. The van der Waals surface area contributed by atoms with E-state index in [-0.39, 0.29) is 38.2 Å². The third-order valence-electron chi connectivity index (χ3n) is 7.70. The molecule has 1 fully saturated rings. The standard InChI is InChI=1S/C32H30N6O4S/c1-37-16-18-38(19-17-37)27-15-13-24(28(29(27)33)30(39)21-8-4-2-5-9-21)32(40)34-31-25-20-23(12-14-26(25)35-36-31)43(41,42)22-10-6-3-7-11-22/h2-15,20H,16-19,33H2,1H3,(H2,34,35,36,40). The number of benzene rings is 4. The van der Waals surface area contributed by atoms with Gasteiger partial charge in [0.2, 0.25) is 9.84 Å². The molecule has 0 aliphatic carbocycles. The maximum absolute atomic E-state index is 13.8. The van der Waals surface area contributed by atoms with Gasteiger partial charge in [-0.2, -0.15) is 5.10 Å². The summed E-state index contributed by atoms with van der Waals surface area (Å²) in [4.78, 5) is 32.1. The molecule has 0 saturated carbocycles. The fraction of sp³-hybridized carbons (Fsp3) is 0.156. The number of ketones is 1. The Balaban J connectivity index is 1.38. The van der Waals surface area contributed by atoms with Crippen molar-refractivity contribution in [1.82, 2.24) is 15.1 Å². The quantitative estimate of drug-likeness (QED) is 0.188. The highest BCUT2D eigenvalue weighted by Gasteiger charge is 2.27. The molecular formula is C32H30N6O4S. The van der Waals surface area contributed by atoms with Gasteiger partial charge in [-0.3, -0.25) is 14.7 Å². The zero-order valence-electron chi connectivity index (χ0n) is 23.4. The van der Waals surface area contributed by atoms with Crippen LogP contribution in [-0.4, -0.2) is 68.4 Å². The second kappa shape index (κ2) is 11.3. The normalized spacial score (nSPS) is 14.1. The SMILES string of the molecule is CN1CCN(c2ccc(C(=O)Nc3n[nH]c4ccc(S(=O)(=O)c5ccccc5)cc34)c(C(=O)c3ccccc3)c2N)CC1. The number of nitrogen functional groups attached to an aromatic ring is 1. The lowest BCUT2D eigenvalue weighted by atomic mass is 9.94. The lowest BCUT2D eigenvalue weighted by Crippen LogP contribution is -2.44.